The van der Waals surface area contributed by atoms with E-state index in [1.807, 2.05) is 86.3 Å². The lowest BCUT2D eigenvalue weighted by molar-refractivity contribution is -0.139. The van der Waals surface area contributed by atoms with Crippen LogP contribution in [0, 0.1) is 5.41 Å². The van der Waals surface area contributed by atoms with Gasteiger partial charge in [0.15, 0.2) is 0 Å². The SMILES string of the molecule is CC(C)(C)C(=O)N1CCN(c2ccc(NC(=O)c3cccc4c(Br)cccc34)cc2)CC1. The third-order valence-corrected chi connectivity index (χ3v) is 6.50. The second kappa shape index (κ2) is 8.94. The Bertz CT molecular complexity index is 1140. The van der Waals surface area contributed by atoms with Crippen LogP contribution in [0.15, 0.2) is 65.1 Å². The molecule has 0 atom stereocenters. The molecule has 32 heavy (non-hydrogen) atoms. The van der Waals surface area contributed by atoms with E-state index in [0.717, 1.165) is 52.8 Å². The van der Waals surface area contributed by atoms with Crippen LogP contribution >= 0.6 is 15.9 Å². The van der Waals surface area contributed by atoms with Crippen molar-refractivity contribution in [3.63, 3.8) is 0 Å². The topological polar surface area (TPSA) is 52.7 Å². The Kier molecular flexibility index (Phi) is 6.24. The maximum absolute atomic E-state index is 12.9. The molecule has 0 spiro atoms. The Morgan fingerprint density at radius 3 is 2.12 bits per heavy atom. The molecule has 1 heterocycles. The first kappa shape index (κ1) is 22.3. The highest BCUT2D eigenvalue weighted by Crippen LogP contribution is 2.27. The number of carbonyl (C=O) groups is 2. The zero-order chi connectivity index (χ0) is 22.9. The molecule has 2 amide bonds. The van der Waals surface area contributed by atoms with Gasteiger partial charge in [-0.25, -0.2) is 0 Å². The Hall–Kier alpha value is -2.86. The minimum atomic E-state index is -0.345. The number of piperazine rings is 1. The highest BCUT2D eigenvalue weighted by molar-refractivity contribution is 9.10. The molecule has 0 aliphatic carbocycles. The Labute approximate surface area is 197 Å². The lowest BCUT2D eigenvalue weighted by Gasteiger charge is -2.38. The fraction of sp³-hybridized carbons (Fsp3) is 0.308. The molecule has 3 aromatic rings. The molecule has 0 saturated carbocycles. The summed E-state index contributed by atoms with van der Waals surface area (Å²) in [6.07, 6.45) is 0. The minimum Gasteiger partial charge on any atom is -0.368 e. The van der Waals surface area contributed by atoms with Gasteiger partial charge in [-0.15, -0.1) is 0 Å². The van der Waals surface area contributed by atoms with Crippen molar-refractivity contribution < 1.29 is 9.59 Å². The number of hydrogen-bond donors (Lipinski definition) is 1. The van der Waals surface area contributed by atoms with Gasteiger partial charge >= 0.3 is 0 Å². The van der Waals surface area contributed by atoms with Crippen LogP contribution in [-0.2, 0) is 4.79 Å². The van der Waals surface area contributed by atoms with E-state index in [0.29, 0.717) is 5.56 Å². The van der Waals surface area contributed by atoms with Gasteiger partial charge in [0.1, 0.15) is 0 Å². The van der Waals surface area contributed by atoms with Gasteiger partial charge in [-0.2, -0.15) is 0 Å². The molecular formula is C26H28BrN3O2. The minimum absolute atomic E-state index is 0.129. The number of rotatable bonds is 3. The molecule has 6 heteroatoms. The highest BCUT2D eigenvalue weighted by Gasteiger charge is 2.29. The third-order valence-electron chi connectivity index (χ3n) is 5.81. The maximum Gasteiger partial charge on any atom is 0.256 e. The molecule has 5 nitrogen and oxygen atoms in total. The smallest absolute Gasteiger partial charge is 0.256 e. The molecule has 1 aliphatic heterocycles. The number of fused-ring (bicyclic) bond motifs is 1. The first-order valence-electron chi connectivity index (χ1n) is 10.9. The molecule has 166 valence electrons. The molecular weight excluding hydrogens is 466 g/mol. The van der Waals surface area contributed by atoms with E-state index in [4.69, 9.17) is 0 Å². The summed E-state index contributed by atoms with van der Waals surface area (Å²) in [6, 6.07) is 19.5. The summed E-state index contributed by atoms with van der Waals surface area (Å²) in [5, 5.41) is 4.94. The molecule has 1 N–H and O–H groups in total. The number of halogens is 1. The quantitative estimate of drug-likeness (QED) is 0.520. The van der Waals surface area contributed by atoms with Crippen LogP contribution in [0.4, 0.5) is 11.4 Å². The zero-order valence-electron chi connectivity index (χ0n) is 18.7. The van der Waals surface area contributed by atoms with Gasteiger partial charge in [-0.05, 0) is 47.2 Å². The molecule has 1 fully saturated rings. The van der Waals surface area contributed by atoms with Crippen LogP contribution in [0.3, 0.4) is 0 Å². The Balaban J connectivity index is 1.41. The van der Waals surface area contributed by atoms with Gasteiger partial charge in [0.2, 0.25) is 5.91 Å². The normalized spacial score (nSPS) is 14.5. The summed E-state index contributed by atoms with van der Waals surface area (Å²) >= 11 is 3.56. The van der Waals surface area contributed by atoms with Crippen LogP contribution in [-0.4, -0.2) is 42.9 Å². The molecule has 1 aliphatic rings. The van der Waals surface area contributed by atoms with Crippen LogP contribution in [0.1, 0.15) is 31.1 Å². The molecule has 3 aromatic carbocycles. The number of hydrogen-bond acceptors (Lipinski definition) is 3. The number of amides is 2. The summed E-state index contributed by atoms with van der Waals surface area (Å²) in [5.74, 6) is 0.0754. The van der Waals surface area contributed by atoms with Gasteiger partial charge in [0.05, 0.1) is 0 Å². The van der Waals surface area contributed by atoms with Gasteiger partial charge in [0.25, 0.3) is 5.91 Å². The van der Waals surface area contributed by atoms with E-state index in [1.54, 1.807) is 0 Å². The van der Waals surface area contributed by atoms with Crippen molar-refractivity contribution in [2.75, 3.05) is 36.4 Å². The fourth-order valence-electron chi connectivity index (χ4n) is 4.07. The second-order valence-corrected chi connectivity index (χ2v) is 10.0. The van der Waals surface area contributed by atoms with Crippen molar-refractivity contribution in [2.45, 2.75) is 20.8 Å². The predicted molar refractivity (Wildman–Crippen MR) is 134 cm³/mol. The molecule has 0 unspecified atom stereocenters. The molecule has 4 rings (SSSR count). The number of nitrogens with one attached hydrogen (secondary N) is 1. The average Bonchev–Trinajstić information content (AvgIpc) is 2.78. The van der Waals surface area contributed by atoms with Gasteiger partial charge < -0.3 is 15.1 Å². The number of carbonyl (C=O) groups excluding carboxylic acids is 2. The lowest BCUT2D eigenvalue weighted by atomic mass is 9.94. The second-order valence-electron chi connectivity index (χ2n) is 9.17. The van der Waals surface area contributed by atoms with E-state index in [9.17, 15) is 9.59 Å². The number of anilines is 2. The molecule has 1 saturated heterocycles. The van der Waals surface area contributed by atoms with E-state index < -0.39 is 0 Å². The van der Waals surface area contributed by atoms with Gasteiger partial charge in [0, 0.05) is 53.0 Å². The Morgan fingerprint density at radius 1 is 0.844 bits per heavy atom. The summed E-state index contributed by atoms with van der Waals surface area (Å²) < 4.78 is 0.971. The van der Waals surface area contributed by atoms with E-state index in [2.05, 4.69) is 26.1 Å². The largest absolute Gasteiger partial charge is 0.368 e. The van der Waals surface area contributed by atoms with Crippen molar-refractivity contribution in [2.24, 2.45) is 5.41 Å². The fourth-order valence-corrected chi connectivity index (χ4v) is 4.56. The van der Waals surface area contributed by atoms with Crippen LogP contribution < -0.4 is 10.2 Å². The van der Waals surface area contributed by atoms with Crippen molar-refractivity contribution >= 4 is 49.9 Å². The van der Waals surface area contributed by atoms with Gasteiger partial charge in [-0.1, -0.05) is 61.0 Å². The molecule has 0 bridgehead atoms. The number of benzene rings is 3. The molecule has 0 radical (unpaired) electrons. The monoisotopic (exact) mass is 493 g/mol. The summed E-state index contributed by atoms with van der Waals surface area (Å²) in [4.78, 5) is 29.7. The van der Waals surface area contributed by atoms with Crippen molar-refractivity contribution in [1.29, 1.82) is 0 Å². The lowest BCUT2D eigenvalue weighted by Crippen LogP contribution is -2.51. The summed E-state index contributed by atoms with van der Waals surface area (Å²) in [6.45, 7) is 8.96. The van der Waals surface area contributed by atoms with Crippen molar-refractivity contribution in [3.05, 3.63) is 70.7 Å². The predicted octanol–water partition coefficient (Wildman–Crippen LogP) is 5.55. The standard InChI is InChI=1S/C26H28BrN3O2/c1-26(2,3)25(32)30-16-14-29(15-17-30)19-12-10-18(11-13-19)28-24(31)22-8-4-7-21-20(22)6-5-9-23(21)27/h4-13H,14-17H2,1-3H3,(H,28,31). The van der Waals surface area contributed by atoms with E-state index >= 15 is 0 Å². The van der Waals surface area contributed by atoms with Crippen molar-refractivity contribution in [3.8, 4) is 0 Å². The first-order valence-corrected chi connectivity index (χ1v) is 11.7. The van der Waals surface area contributed by atoms with Crippen LogP contribution in [0.25, 0.3) is 10.8 Å². The maximum atomic E-state index is 12.9. The third kappa shape index (κ3) is 4.65. The Morgan fingerprint density at radius 2 is 1.47 bits per heavy atom. The van der Waals surface area contributed by atoms with E-state index in [-0.39, 0.29) is 17.2 Å². The highest BCUT2D eigenvalue weighted by atomic mass is 79.9. The van der Waals surface area contributed by atoms with E-state index in [1.165, 1.54) is 0 Å². The summed E-state index contributed by atoms with van der Waals surface area (Å²) in [7, 11) is 0. The first-order chi connectivity index (χ1) is 15.2. The van der Waals surface area contributed by atoms with Crippen LogP contribution in [0.5, 0.6) is 0 Å². The van der Waals surface area contributed by atoms with Crippen molar-refractivity contribution in [1.82, 2.24) is 4.90 Å². The average molecular weight is 494 g/mol. The number of nitrogens with zero attached hydrogens (tertiary/aromatic N) is 2. The van der Waals surface area contributed by atoms with Gasteiger partial charge in [-0.3, -0.25) is 9.59 Å². The van der Waals surface area contributed by atoms with Crippen LogP contribution in [0.2, 0.25) is 0 Å². The molecule has 0 aromatic heterocycles. The zero-order valence-corrected chi connectivity index (χ0v) is 20.3. The summed E-state index contributed by atoms with van der Waals surface area (Å²) in [5.41, 5.74) is 2.15.